The lowest BCUT2D eigenvalue weighted by Crippen LogP contribution is -2.46. The van der Waals surface area contributed by atoms with Gasteiger partial charge in [0.25, 0.3) is 5.91 Å². The highest BCUT2D eigenvalue weighted by Gasteiger charge is 2.29. The Labute approximate surface area is 104 Å². The molecule has 98 valence electrons. The first-order valence-corrected chi connectivity index (χ1v) is 5.85. The first kappa shape index (κ1) is 12.5. The summed E-state index contributed by atoms with van der Waals surface area (Å²) in [4.78, 5) is 24.1. The number of rotatable bonds is 3. The maximum absolute atomic E-state index is 12.2. The Morgan fingerprint density at radius 1 is 1.56 bits per heavy atom. The smallest absolute Gasteiger partial charge is 0.320 e. The molecule has 1 N–H and O–H groups in total. The van der Waals surface area contributed by atoms with Crippen molar-refractivity contribution in [1.29, 1.82) is 0 Å². The van der Waals surface area contributed by atoms with E-state index in [4.69, 9.17) is 0 Å². The number of carbonyl (C=O) groups is 1. The van der Waals surface area contributed by atoms with Crippen LogP contribution in [0.1, 0.15) is 17.4 Å². The molecule has 18 heavy (non-hydrogen) atoms. The van der Waals surface area contributed by atoms with Gasteiger partial charge in [-0.05, 0) is 6.92 Å². The Morgan fingerprint density at radius 2 is 2.22 bits per heavy atom. The van der Waals surface area contributed by atoms with Crippen LogP contribution < -0.4 is 5.32 Å². The van der Waals surface area contributed by atoms with E-state index in [0.29, 0.717) is 32.7 Å². The number of piperazine rings is 1. The molecular weight excluding hydrogens is 238 g/mol. The molecule has 1 saturated heterocycles. The fourth-order valence-electron chi connectivity index (χ4n) is 1.88. The standard InChI is InChI=1S/C10H15N5O3/c1-2-14-7-8(15(17)18)9(12-14)10(16)13-5-3-11-4-6-13/h7,11H,2-6H2,1H3. The van der Waals surface area contributed by atoms with Crippen molar-refractivity contribution in [2.24, 2.45) is 0 Å². The summed E-state index contributed by atoms with van der Waals surface area (Å²) in [5.74, 6) is -0.365. The van der Waals surface area contributed by atoms with Crippen molar-refractivity contribution in [3.8, 4) is 0 Å². The molecule has 0 aromatic carbocycles. The van der Waals surface area contributed by atoms with Gasteiger partial charge in [-0.3, -0.25) is 19.6 Å². The van der Waals surface area contributed by atoms with Crippen molar-refractivity contribution in [3.05, 3.63) is 22.0 Å². The molecule has 1 aromatic rings. The minimum absolute atomic E-state index is 0.0660. The summed E-state index contributed by atoms with van der Waals surface area (Å²) in [6, 6.07) is 0. The molecule has 0 radical (unpaired) electrons. The molecule has 0 spiro atoms. The van der Waals surface area contributed by atoms with Gasteiger partial charge in [-0.15, -0.1) is 0 Å². The highest BCUT2D eigenvalue weighted by molar-refractivity contribution is 5.96. The number of nitro groups is 1. The van der Waals surface area contributed by atoms with Crippen LogP contribution in [0.3, 0.4) is 0 Å². The molecule has 1 aliphatic heterocycles. The molecule has 2 rings (SSSR count). The van der Waals surface area contributed by atoms with Gasteiger partial charge in [0.15, 0.2) is 0 Å². The average Bonchev–Trinajstić information content (AvgIpc) is 2.83. The number of nitrogens with one attached hydrogen (secondary N) is 1. The van der Waals surface area contributed by atoms with E-state index in [9.17, 15) is 14.9 Å². The van der Waals surface area contributed by atoms with Gasteiger partial charge in [-0.1, -0.05) is 0 Å². The molecule has 0 atom stereocenters. The highest BCUT2D eigenvalue weighted by Crippen LogP contribution is 2.18. The first-order chi connectivity index (χ1) is 8.63. The van der Waals surface area contributed by atoms with Gasteiger partial charge in [0.2, 0.25) is 5.69 Å². The lowest BCUT2D eigenvalue weighted by atomic mass is 10.3. The zero-order valence-electron chi connectivity index (χ0n) is 10.1. The van der Waals surface area contributed by atoms with E-state index >= 15 is 0 Å². The molecule has 0 bridgehead atoms. The molecular formula is C10H15N5O3. The second-order valence-corrected chi connectivity index (χ2v) is 4.02. The van der Waals surface area contributed by atoms with Crippen molar-refractivity contribution in [1.82, 2.24) is 20.0 Å². The van der Waals surface area contributed by atoms with Crippen LogP contribution in [0.5, 0.6) is 0 Å². The van der Waals surface area contributed by atoms with Crippen LogP contribution >= 0.6 is 0 Å². The van der Waals surface area contributed by atoms with Crippen molar-refractivity contribution in [2.45, 2.75) is 13.5 Å². The van der Waals surface area contributed by atoms with Crippen LogP contribution in [-0.4, -0.2) is 51.7 Å². The fraction of sp³-hybridized carbons (Fsp3) is 0.600. The Bertz CT molecular complexity index is 464. The molecule has 1 aromatic heterocycles. The lowest BCUT2D eigenvalue weighted by Gasteiger charge is -2.26. The molecule has 1 fully saturated rings. The topological polar surface area (TPSA) is 93.3 Å². The van der Waals surface area contributed by atoms with Gasteiger partial charge in [0.1, 0.15) is 6.20 Å². The van der Waals surface area contributed by atoms with E-state index in [2.05, 4.69) is 10.4 Å². The average molecular weight is 253 g/mol. The maximum Gasteiger partial charge on any atom is 0.320 e. The molecule has 8 nitrogen and oxygen atoms in total. The van der Waals surface area contributed by atoms with Gasteiger partial charge in [-0.25, -0.2) is 0 Å². The number of aromatic nitrogens is 2. The molecule has 1 aliphatic rings. The first-order valence-electron chi connectivity index (χ1n) is 5.85. The minimum Gasteiger partial charge on any atom is -0.334 e. The van der Waals surface area contributed by atoms with E-state index in [1.54, 1.807) is 4.90 Å². The second-order valence-electron chi connectivity index (χ2n) is 4.02. The van der Waals surface area contributed by atoms with Crippen molar-refractivity contribution >= 4 is 11.6 Å². The third kappa shape index (κ3) is 2.33. The van der Waals surface area contributed by atoms with Crippen LogP contribution in [0, 0.1) is 10.1 Å². The number of hydrogen-bond donors (Lipinski definition) is 1. The van der Waals surface area contributed by atoms with Crippen molar-refractivity contribution < 1.29 is 9.72 Å². The predicted molar refractivity (Wildman–Crippen MR) is 63.3 cm³/mol. The quantitative estimate of drug-likeness (QED) is 0.597. The normalized spacial score (nSPS) is 15.7. The third-order valence-electron chi connectivity index (χ3n) is 2.87. The SMILES string of the molecule is CCn1cc([N+](=O)[O-])c(C(=O)N2CCNCC2)n1. The summed E-state index contributed by atoms with van der Waals surface area (Å²) in [6.45, 7) is 4.82. The number of nitrogens with zero attached hydrogens (tertiary/aromatic N) is 4. The van der Waals surface area contributed by atoms with Crippen LogP contribution in [0.2, 0.25) is 0 Å². The molecule has 1 amide bonds. The fourth-order valence-corrected chi connectivity index (χ4v) is 1.88. The number of aryl methyl sites for hydroxylation is 1. The van der Waals surface area contributed by atoms with Gasteiger partial charge in [0.05, 0.1) is 4.92 Å². The summed E-state index contributed by atoms with van der Waals surface area (Å²) in [6.07, 6.45) is 1.30. The van der Waals surface area contributed by atoms with Gasteiger partial charge >= 0.3 is 5.69 Å². The Kier molecular flexibility index (Phi) is 3.56. The lowest BCUT2D eigenvalue weighted by molar-refractivity contribution is -0.385. The number of carbonyl (C=O) groups excluding carboxylic acids is 1. The highest BCUT2D eigenvalue weighted by atomic mass is 16.6. The van der Waals surface area contributed by atoms with Gasteiger partial charge < -0.3 is 10.2 Å². The van der Waals surface area contributed by atoms with Gasteiger partial charge in [0, 0.05) is 32.7 Å². The van der Waals surface area contributed by atoms with E-state index < -0.39 is 4.92 Å². The molecule has 2 heterocycles. The van der Waals surface area contributed by atoms with E-state index in [-0.39, 0.29) is 17.3 Å². The molecule has 0 saturated carbocycles. The van der Waals surface area contributed by atoms with E-state index in [1.165, 1.54) is 10.9 Å². The predicted octanol–water partition coefficient (Wildman–Crippen LogP) is -0.143. The van der Waals surface area contributed by atoms with Crippen molar-refractivity contribution in [3.63, 3.8) is 0 Å². The Balaban J connectivity index is 2.27. The van der Waals surface area contributed by atoms with E-state index in [1.807, 2.05) is 6.92 Å². The van der Waals surface area contributed by atoms with Crippen LogP contribution in [0.4, 0.5) is 5.69 Å². The van der Waals surface area contributed by atoms with Gasteiger partial charge in [-0.2, -0.15) is 5.10 Å². The molecule has 0 unspecified atom stereocenters. The van der Waals surface area contributed by atoms with Crippen molar-refractivity contribution in [2.75, 3.05) is 26.2 Å². The number of amides is 1. The monoisotopic (exact) mass is 253 g/mol. The third-order valence-corrected chi connectivity index (χ3v) is 2.87. The Morgan fingerprint density at radius 3 is 2.78 bits per heavy atom. The summed E-state index contributed by atoms with van der Waals surface area (Å²) < 4.78 is 1.41. The summed E-state index contributed by atoms with van der Waals surface area (Å²) in [5.41, 5.74) is -0.288. The van der Waals surface area contributed by atoms with Crippen LogP contribution in [0.15, 0.2) is 6.20 Å². The summed E-state index contributed by atoms with van der Waals surface area (Å²) in [5, 5.41) is 18.0. The largest absolute Gasteiger partial charge is 0.334 e. The van der Waals surface area contributed by atoms with Crippen LogP contribution in [-0.2, 0) is 6.54 Å². The second kappa shape index (κ2) is 5.13. The number of hydrogen-bond acceptors (Lipinski definition) is 5. The Hall–Kier alpha value is -1.96. The molecule has 8 heteroatoms. The van der Waals surface area contributed by atoms with E-state index in [0.717, 1.165) is 0 Å². The summed E-state index contributed by atoms with van der Waals surface area (Å²) in [7, 11) is 0. The van der Waals surface area contributed by atoms with Crippen LogP contribution in [0.25, 0.3) is 0 Å². The zero-order valence-corrected chi connectivity index (χ0v) is 10.1. The molecule has 0 aliphatic carbocycles. The summed E-state index contributed by atoms with van der Waals surface area (Å²) >= 11 is 0. The maximum atomic E-state index is 12.2. The zero-order chi connectivity index (χ0) is 13.1. The minimum atomic E-state index is -0.561.